The number of sulfone groups is 1. The molecular formula is C16H24ClNO2S. The first kappa shape index (κ1) is 16.6. The maximum atomic E-state index is 12.4. The van der Waals surface area contributed by atoms with E-state index in [0.29, 0.717) is 17.0 Å². The molecule has 0 heterocycles. The van der Waals surface area contributed by atoms with Crippen LogP contribution in [0, 0.1) is 0 Å². The summed E-state index contributed by atoms with van der Waals surface area (Å²) in [5, 5.41) is 3.46. The maximum absolute atomic E-state index is 12.4. The molecule has 2 rings (SSSR count). The largest absolute Gasteiger partial charge is 0.380 e. The summed E-state index contributed by atoms with van der Waals surface area (Å²) in [6.45, 7) is 1.88. The maximum Gasteiger partial charge on any atom is 0.180 e. The molecule has 3 nitrogen and oxygen atoms in total. The van der Waals surface area contributed by atoms with Crippen molar-refractivity contribution in [3.63, 3.8) is 0 Å². The Bertz CT molecular complexity index is 559. The Labute approximate surface area is 133 Å². The average Bonchev–Trinajstić information content (AvgIpc) is 2.65. The molecule has 0 saturated heterocycles. The zero-order valence-electron chi connectivity index (χ0n) is 12.5. The van der Waals surface area contributed by atoms with Crippen molar-refractivity contribution >= 4 is 27.1 Å². The molecule has 0 bridgehead atoms. The Morgan fingerprint density at radius 3 is 2.67 bits per heavy atom. The molecule has 21 heavy (non-hydrogen) atoms. The van der Waals surface area contributed by atoms with Crippen molar-refractivity contribution in [2.24, 2.45) is 0 Å². The number of nitrogens with one attached hydrogen (secondary N) is 1. The van der Waals surface area contributed by atoms with E-state index in [9.17, 15) is 8.42 Å². The molecule has 1 aromatic rings. The van der Waals surface area contributed by atoms with Gasteiger partial charge in [-0.15, -0.1) is 11.6 Å². The van der Waals surface area contributed by atoms with E-state index in [0.717, 1.165) is 25.7 Å². The van der Waals surface area contributed by atoms with Gasteiger partial charge in [0.05, 0.1) is 21.7 Å². The lowest BCUT2D eigenvalue weighted by Gasteiger charge is -2.24. The van der Waals surface area contributed by atoms with Gasteiger partial charge in [0.1, 0.15) is 0 Å². The van der Waals surface area contributed by atoms with E-state index in [4.69, 9.17) is 11.6 Å². The molecule has 2 unspecified atom stereocenters. The molecule has 0 radical (unpaired) electrons. The lowest BCUT2D eigenvalue weighted by Crippen LogP contribution is -2.29. The quantitative estimate of drug-likeness (QED) is 0.649. The predicted octanol–water partition coefficient (Wildman–Crippen LogP) is 4.22. The smallest absolute Gasteiger partial charge is 0.180 e. The second-order valence-corrected chi connectivity index (χ2v) is 8.36. The third-order valence-electron chi connectivity index (χ3n) is 3.97. The number of hydrogen-bond acceptors (Lipinski definition) is 3. The van der Waals surface area contributed by atoms with Gasteiger partial charge in [0.15, 0.2) is 9.84 Å². The van der Waals surface area contributed by atoms with Crippen LogP contribution in [-0.2, 0) is 9.84 Å². The Balaban J connectivity index is 2.24. The van der Waals surface area contributed by atoms with Crippen LogP contribution in [0.25, 0.3) is 0 Å². The number of alkyl halides is 1. The highest BCUT2D eigenvalue weighted by atomic mass is 35.5. The van der Waals surface area contributed by atoms with E-state index in [1.807, 2.05) is 19.1 Å². The van der Waals surface area contributed by atoms with Gasteiger partial charge in [-0.05, 0) is 31.4 Å². The first-order valence-electron chi connectivity index (χ1n) is 7.77. The number of anilines is 1. The topological polar surface area (TPSA) is 46.2 Å². The highest BCUT2D eigenvalue weighted by Crippen LogP contribution is 2.29. The molecule has 1 aliphatic rings. The molecule has 0 aromatic heterocycles. The highest BCUT2D eigenvalue weighted by Gasteiger charge is 2.24. The Morgan fingerprint density at radius 2 is 1.90 bits per heavy atom. The fourth-order valence-corrected chi connectivity index (χ4v) is 4.71. The van der Waals surface area contributed by atoms with E-state index < -0.39 is 9.84 Å². The molecule has 1 saturated carbocycles. The van der Waals surface area contributed by atoms with Gasteiger partial charge in [-0.3, -0.25) is 0 Å². The van der Waals surface area contributed by atoms with Gasteiger partial charge in [0.2, 0.25) is 0 Å². The molecular weight excluding hydrogens is 306 g/mol. The number of rotatable bonds is 5. The van der Waals surface area contributed by atoms with E-state index in [2.05, 4.69) is 5.32 Å². The molecule has 0 spiro atoms. The minimum absolute atomic E-state index is 0.0643. The van der Waals surface area contributed by atoms with Crippen molar-refractivity contribution in [3.8, 4) is 0 Å². The summed E-state index contributed by atoms with van der Waals surface area (Å²) < 4.78 is 24.7. The molecule has 118 valence electrons. The summed E-state index contributed by atoms with van der Waals surface area (Å²) in [6.07, 6.45) is 6.11. The van der Waals surface area contributed by atoms with Gasteiger partial charge in [-0.2, -0.15) is 0 Å². The minimum atomic E-state index is -3.22. The van der Waals surface area contributed by atoms with Gasteiger partial charge >= 0.3 is 0 Å². The zero-order chi connectivity index (χ0) is 15.3. The fourth-order valence-electron chi connectivity index (χ4n) is 2.86. The van der Waals surface area contributed by atoms with E-state index in [1.54, 1.807) is 12.1 Å². The third-order valence-corrected chi connectivity index (χ3v) is 6.46. The molecule has 0 amide bonds. The molecule has 1 aromatic carbocycles. The van der Waals surface area contributed by atoms with Crippen molar-refractivity contribution < 1.29 is 8.42 Å². The number of benzene rings is 1. The zero-order valence-corrected chi connectivity index (χ0v) is 14.1. The normalized spacial score (nSPS) is 23.5. The summed E-state index contributed by atoms with van der Waals surface area (Å²) >= 11 is 6.45. The van der Waals surface area contributed by atoms with Crippen molar-refractivity contribution in [1.82, 2.24) is 0 Å². The monoisotopic (exact) mass is 329 g/mol. The van der Waals surface area contributed by atoms with Crippen LogP contribution in [0.5, 0.6) is 0 Å². The van der Waals surface area contributed by atoms with Crippen LogP contribution in [0.4, 0.5) is 5.69 Å². The van der Waals surface area contributed by atoms with Gasteiger partial charge in [-0.25, -0.2) is 8.42 Å². The van der Waals surface area contributed by atoms with Crippen LogP contribution >= 0.6 is 11.6 Å². The van der Waals surface area contributed by atoms with E-state index in [1.165, 1.54) is 6.42 Å². The first-order chi connectivity index (χ1) is 10.0. The third kappa shape index (κ3) is 4.36. The highest BCUT2D eigenvalue weighted by molar-refractivity contribution is 7.91. The van der Waals surface area contributed by atoms with Crippen LogP contribution < -0.4 is 5.32 Å². The Morgan fingerprint density at radius 1 is 1.19 bits per heavy atom. The van der Waals surface area contributed by atoms with Crippen LogP contribution in [0.2, 0.25) is 0 Å². The SMILES string of the molecule is CCCS(=O)(=O)c1ccccc1NC1CCCCCC1Cl. The number of para-hydroxylation sites is 1. The van der Waals surface area contributed by atoms with Gasteiger partial charge in [-0.1, -0.05) is 38.3 Å². The standard InChI is InChI=1S/C16H24ClNO2S/c1-2-12-21(19,20)16-11-7-6-10-15(16)18-14-9-5-3-4-8-13(14)17/h6-7,10-11,13-14,18H,2-5,8-9,12H2,1H3. The summed E-state index contributed by atoms with van der Waals surface area (Å²) in [4.78, 5) is 0.403. The van der Waals surface area contributed by atoms with Gasteiger partial charge < -0.3 is 5.32 Å². The predicted molar refractivity (Wildman–Crippen MR) is 88.9 cm³/mol. The van der Waals surface area contributed by atoms with E-state index in [-0.39, 0.29) is 17.2 Å². The van der Waals surface area contributed by atoms with Crippen molar-refractivity contribution in [2.75, 3.05) is 11.1 Å². The van der Waals surface area contributed by atoms with Crippen LogP contribution in [0.3, 0.4) is 0 Å². The van der Waals surface area contributed by atoms with Gasteiger partial charge in [0.25, 0.3) is 0 Å². The molecule has 5 heteroatoms. The summed E-state index contributed by atoms with van der Waals surface area (Å²) in [5.41, 5.74) is 0.698. The molecule has 2 atom stereocenters. The van der Waals surface area contributed by atoms with Crippen LogP contribution in [-0.4, -0.2) is 25.6 Å². The van der Waals surface area contributed by atoms with Crippen LogP contribution in [0.1, 0.15) is 45.4 Å². The Kier molecular flexibility index (Phi) is 5.94. The Hall–Kier alpha value is -0.740. The first-order valence-corrected chi connectivity index (χ1v) is 9.86. The lowest BCUT2D eigenvalue weighted by molar-refractivity contribution is 0.593. The molecule has 1 fully saturated rings. The second kappa shape index (κ2) is 7.50. The summed E-state index contributed by atoms with van der Waals surface area (Å²) in [5.74, 6) is 0.181. The summed E-state index contributed by atoms with van der Waals surface area (Å²) in [7, 11) is -3.22. The minimum Gasteiger partial charge on any atom is -0.380 e. The average molecular weight is 330 g/mol. The van der Waals surface area contributed by atoms with Crippen molar-refractivity contribution in [1.29, 1.82) is 0 Å². The second-order valence-electron chi connectivity index (χ2n) is 5.72. The van der Waals surface area contributed by atoms with Gasteiger partial charge in [0, 0.05) is 6.04 Å². The lowest BCUT2D eigenvalue weighted by atomic mass is 10.1. The summed E-state index contributed by atoms with van der Waals surface area (Å²) in [6, 6.07) is 7.32. The van der Waals surface area contributed by atoms with Crippen LogP contribution in [0.15, 0.2) is 29.2 Å². The number of halogens is 1. The fraction of sp³-hybridized carbons (Fsp3) is 0.625. The molecule has 0 aliphatic heterocycles. The molecule has 1 N–H and O–H groups in total. The van der Waals surface area contributed by atoms with Crippen molar-refractivity contribution in [2.45, 2.75) is 61.8 Å². The number of hydrogen-bond donors (Lipinski definition) is 1. The molecule has 1 aliphatic carbocycles. The van der Waals surface area contributed by atoms with E-state index >= 15 is 0 Å². The van der Waals surface area contributed by atoms with Crippen molar-refractivity contribution in [3.05, 3.63) is 24.3 Å².